The molecule has 1 saturated carbocycles. The molecule has 0 bridgehead atoms. The predicted octanol–water partition coefficient (Wildman–Crippen LogP) is 4.65. The zero-order valence-corrected chi connectivity index (χ0v) is 14.9. The molecule has 2 aliphatic rings. The molecule has 1 atom stereocenters. The molecule has 1 aromatic carbocycles. The molecule has 136 valence electrons. The van der Waals surface area contributed by atoms with E-state index < -0.39 is 5.97 Å². The highest BCUT2D eigenvalue weighted by Gasteiger charge is 2.24. The van der Waals surface area contributed by atoms with Crippen molar-refractivity contribution in [3.05, 3.63) is 47.5 Å². The number of carboxylic acid groups (broad SMARTS) is 1. The van der Waals surface area contributed by atoms with Gasteiger partial charge < -0.3 is 9.84 Å². The van der Waals surface area contributed by atoms with Gasteiger partial charge in [-0.1, -0.05) is 25.3 Å². The number of aryl methyl sites for hydroxylation is 2. The topological polar surface area (TPSA) is 72.3 Å². The number of rotatable bonds is 5. The van der Waals surface area contributed by atoms with Crippen molar-refractivity contribution in [3.8, 4) is 11.5 Å². The average molecular weight is 352 g/mol. The van der Waals surface area contributed by atoms with Gasteiger partial charge in [0.15, 0.2) is 5.75 Å². The van der Waals surface area contributed by atoms with Crippen LogP contribution in [0.5, 0.6) is 11.5 Å². The molecule has 0 radical (unpaired) electrons. The van der Waals surface area contributed by atoms with Gasteiger partial charge in [0, 0.05) is 0 Å². The summed E-state index contributed by atoms with van der Waals surface area (Å²) in [5, 5.41) is 8.85. The van der Waals surface area contributed by atoms with E-state index in [1.54, 1.807) is 0 Å². The first-order valence-electron chi connectivity index (χ1n) is 9.52. The summed E-state index contributed by atoms with van der Waals surface area (Å²) in [4.78, 5) is 18.4. The van der Waals surface area contributed by atoms with Gasteiger partial charge in [-0.2, -0.15) is 0 Å². The Bertz CT molecular complexity index is 784. The lowest BCUT2D eigenvalue weighted by atomic mass is 9.77. The van der Waals surface area contributed by atoms with Crippen LogP contribution in [0.1, 0.15) is 60.3 Å². The van der Waals surface area contributed by atoms with Crippen LogP contribution in [0.25, 0.3) is 0 Å². The lowest BCUT2D eigenvalue weighted by Gasteiger charge is -2.29. The number of nitrogens with zero attached hydrogens (tertiary/aromatic N) is 2. The Kier molecular flexibility index (Phi) is 4.87. The highest BCUT2D eigenvalue weighted by molar-refractivity contribution is 5.82. The van der Waals surface area contributed by atoms with Crippen molar-refractivity contribution in [2.75, 3.05) is 0 Å². The maximum absolute atomic E-state index is 10.8. The highest BCUT2D eigenvalue weighted by atomic mass is 16.5. The number of hydrogen-bond donors (Lipinski definition) is 1. The smallest absolute Gasteiger partial charge is 0.373 e. The van der Waals surface area contributed by atoms with Crippen molar-refractivity contribution < 1.29 is 14.6 Å². The summed E-state index contributed by atoms with van der Waals surface area (Å²) in [7, 11) is 0. The summed E-state index contributed by atoms with van der Waals surface area (Å²) in [5.41, 5.74) is 2.81. The van der Waals surface area contributed by atoms with E-state index in [-0.39, 0.29) is 5.82 Å². The molecule has 2 aliphatic carbocycles. The van der Waals surface area contributed by atoms with Gasteiger partial charge in [0.25, 0.3) is 0 Å². The lowest BCUT2D eigenvalue weighted by Crippen LogP contribution is -2.16. The van der Waals surface area contributed by atoms with Crippen LogP contribution in [0, 0.1) is 11.8 Å². The third-order valence-electron chi connectivity index (χ3n) is 5.77. The molecule has 0 spiro atoms. The Labute approximate surface area is 153 Å². The largest absolute Gasteiger partial charge is 0.475 e. The fourth-order valence-electron chi connectivity index (χ4n) is 4.06. The monoisotopic (exact) mass is 352 g/mol. The Hall–Kier alpha value is -2.43. The van der Waals surface area contributed by atoms with Gasteiger partial charge in [-0.15, -0.1) is 0 Å². The summed E-state index contributed by atoms with van der Waals surface area (Å²) >= 11 is 0. The van der Waals surface area contributed by atoms with Crippen LogP contribution in [-0.2, 0) is 12.8 Å². The maximum Gasteiger partial charge on any atom is 0.373 e. The Morgan fingerprint density at radius 3 is 2.35 bits per heavy atom. The molecule has 5 nitrogen and oxygen atoms in total. The van der Waals surface area contributed by atoms with E-state index in [2.05, 4.69) is 22.1 Å². The van der Waals surface area contributed by atoms with Gasteiger partial charge in [-0.25, -0.2) is 14.8 Å². The van der Waals surface area contributed by atoms with E-state index in [4.69, 9.17) is 9.84 Å². The minimum absolute atomic E-state index is 0.225. The van der Waals surface area contributed by atoms with E-state index in [0.29, 0.717) is 5.75 Å². The normalized spacial score (nSPS) is 19.9. The third-order valence-corrected chi connectivity index (χ3v) is 5.77. The molecule has 0 amide bonds. The van der Waals surface area contributed by atoms with Crippen molar-refractivity contribution in [2.24, 2.45) is 11.8 Å². The van der Waals surface area contributed by atoms with Crippen LogP contribution in [0.4, 0.5) is 0 Å². The number of carboxylic acids is 1. The summed E-state index contributed by atoms with van der Waals surface area (Å²) in [5.74, 6) is 1.68. The van der Waals surface area contributed by atoms with Crippen molar-refractivity contribution in [1.82, 2.24) is 9.97 Å². The van der Waals surface area contributed by atoms with Gasteiger partial charge in [-0.05, 0) is 67.2 Å². The number of carbonyl (C=O) groups is 1. The second-order valence-corrected chi connectivity index (χ2v) is 7.56. The zero-order chi connectivity index (χ0) is 17.9. The van der Waals surface area contributed by atoms with Crippen LogP contribution in [-0.4, -0.2) is 21.0 Å². The van der Waals surface area contributed by atoms with Gasteiger partial charge >= 0.3 is 5.97 Å². The van der Waals surface area contributed by atoms with E-state index >= 15 is 0 Å². The highest BCUT2D eigenvalue weighted by Crippen LogP contribution is 2.37. The first-order chi connectivity index (χ1) is 12.7. The van der Waals surface area contributed by atoms with Crippen LogP contribution in [0.3, 0.4) is 0 Å². The molecule has 0 aliphatic heterocycles. The Morgan fingerprint density at radius 2 is 1.69 bits per heavy atom. The number of hydrogen-bond acceptors (Lipinski definition) is 4. The molecule has 1 heterocycles. The molecule has 0 saturated heterocycles. The number of ether oxygens (including phenoxy) is 1. The molecule has 1 unspecified atom stereocenters. The van der Waals surface area contributed by atoms with E-state index in [1.165, 1.54) is 62.0 Å². The summed E-state index contributed by atoms with van der Waals surface area (Å²) in [6.45, 7) is 0. The number of fused-ring (bicyclic) bond motifs is 1. The third kappa shape index (κ3) is 3.87. The molecule has 1 N–H and O–H groups in total. The standard InChI is InChI=1S/C21H24N2O3/c24-21(25)20-22-12-19(13-23-20)26-18-9-8-16-6-4-15(5-7-17(16)11-18)10-14-2-1-3-14/h8-9,11-15H,1-7,10H2,(H,24,25). The van der Waals surface area contributed by atoms with E-state index in [9.17, 15) is 4.79 Å². The molecule has 5 heteroatoms. The maximum atomic E-state index is 10.8. The molecule has 4 rings (SSSR count). The fourth-order valence-corrected chi connectivity index (χ4v) is 4.06. The molecule has 2 aromatic rings. The zero-order valence-electron chi connectivity index (χ0n) is 14.9. The van der Waals surface area contributed by atoms with Crippen molar-refractivity contribution in [2.45, 2.75) is 51.4 Å². The lowest BCUT2D eigenvalue weighted by molar-refractivity contribution is 0.0683. The molecule has 26 heavy (non-hydrogen) atoms. The summed E-state index contributed by atoms with van der Waals surface area (Å²) < 4.78 is 5.82. The summed E-state index contributed by atoms with van der Waals surface area (Å²) in [6, 6.07) is 6.27. The molecule has 1 aromatic heterocycles. The van der Waals surface area contributed by atoms with Crippen LogP contribution < -0.4 is 4.74 Å². The molecular weight excluding hydrogens is 328 g/mol. The van der Waals surface area contributed by atoms with E-state index in [0.717, 1.165) is 30.4 Å². The van der Waals surface area contributed by atoms with E-state index in [1.807, 2.05) is 6.07 Å². The van der Waals surface area contributed by atoms with Crippen molar-refractivity contribution >= 4 is 5.97 Å². The Morgan fingerprint density at radius 1 is 1.00 bits per heavy atom. The SMILES string of the molecule is O=C(O)c1ncc(Oc2ccc3c(c2)CCC(CC2CCC2)CC3)cn1. The second-order valence-electron chi connectivity index (χ2n) is 7.56. The first kappa shape index (κ1) is 17.0. The van der Waals surface area contributed by atoms with Gasteiger partial charge in [0.2, 0.25) is 5.82 Å². The van der Waals surface area contributed by atoms with Crippen LogP contribution in [0.15, 0.2) is 30.6 Å². The number of aromatic nitrogens is 2. The van der Waals surface area contributed by atoms with Gasteiger partial charge in [0.1, 0.15) is 5.75 Å². The summed E-state index contributed by atoms with van der Waals surface area (Å²) in [6.07, 6.45) is 13.3. The van der Waals surface area contributed by atoms with Gasteiger partial charge in [-0.3, -0.25) is 0 Å². The van der Waals surface area contributed by atoms with Crippen molar-refractivity contribution in [1.29, 1.82) is 0 Å². The number of benzene rings is 1. The predicted molar refractivity (Wildman–Crippen MR) is 97.6 cm³/mol. The second kappa shape index (κ2) is 7.44. The van der Waals surface area contributed by atoms with Crippen LogP contribution >= 0.6 is 0 Å². The molecular formula is C21H24N2O3. The van der Waals surface area contributed by atoms with Crippen molar-refractivity contribution in [3.63, 3.8) is 0 Å². The minimum Gasteiger partial charge on any atom is -0.475 e. The average Bonchev–Trinajstić information content (AvgIpc) is 2.81. The molecule has 1 fully saturated rings. The minimum atomic E-state index is -1.14. The van der Waals surface area contributed by atoms with Crippen LogP contribution in [0.2, 0.25) is 0 Å². The Balaban J connectivity index is 1.41. The fraction of sp³-hybridized carbons (Fsp3) is 0.476. The first-order valence-corrected chi connectivity index (χ1v) is 9.52. The quantitative estimate of drug-likeness (QED) is 0.793. The van der Waals surface area contributed by atoms with Gasteiger partial charge in [0.05, 0.1) is 12.4 Å². The number of aromatic carboxylic acids is 1.